The zero-order valence-corrected chi connectivity index (χ0v) is 15.7. The van der Waals surface area contributed by atoms with Gasteiger partial charge in [0.05, 0.1) is 5.75 Å². The lowest BCUT2D eigenvalue weighted by molar-refractivity contribution is -0.118. The van der Waals surface area contributed by atoms with E-state index in [9.17, 15) is 4.79 Å². The van der Waals surface area contributed by atoms with Gasteiger partial charge < -0.3 is 14.6 Å². The van der Waals surface area contributed by atoms with Crippen LogP contribution in [-0.4, -0.2) is 41.7 Å². The first-order valence-electron chi connectivity index (χ1n) is 8.68. The molecular formula is C20H23N3O2S. The average Bonchev–Trinajstić information content (AvgIpc) is 3.07. The Morgan fingerprint density at radius 3 is 2.73 bits per heavy atom. The van der Waals surface area contributed by atoms with Crippen LogP contribution in [0.2, 0.25) is 0 Å². The van der Waals surface area contributed by atoms with Gasteiger partial charge in [0.25, 0.3) is 5.22 Å². The minimum Gasteiger partial charge on any atom is -0.431 e. The van der Waals surface area contributed by atoms with Crippen molar-refractivity contribution < 1.29 is 9.21 Å². The van der Waals surface area contributed by atoms with Gasteiger partial charge >= 0.3 is 0 Å². The quantitative estimate of drug-likeness (QED) is 0.462. The molecule has 0 unspecified atom stereocenters. The number of hydrogen-bond acceptors (Lipinski definition) is 5. The molecule has 3 aromatic rings. The van der Waals surface area contributed by atoms with Gasteiger partial charge in [-0.25, -0.2) is 4.98 Å². The van der Waals surface area contributed by atoms with Crippen molar-refractivity contribution in [1.29, 1.82) is 0 Å². The maximum Gasteiger partial charge on any atom is 0.257 e. The van der Waals surface area contributed by atoms with E-state index >= 15 is 0 Å². The summed E-state index contributed by atoms with van der Waals surface area (Å²) in [7, 11) is 2.10. The normalized spacial score (nSPS) is 11.2. The number of nitrogens with zero attached hydrogens (tertiary/aromatic N) is 2. The summed E-state index contributed by atoms with van der Waals surface area (Å²) in [5.74, 6) is 0.315. The molecule has 0 aliphatic carbocycles. The smallest absolute Gasteiger partial charge is 0.257 e. The third kappa shape index (κ3) is 5.61. The first-order valence-corrected chi connectivity index (χ1v) is 9.67. The maximum absolute atomic E-state index is 12.0. The predicted octanol–water partition coefficient (Wildman–Crippen LogP) is 3.56. The van der Waals surface area contributed by atoms with Crippen molar-refractivity contribution in [2.45, 2.75) is 18.2 Å². The monoisotopic (exact) mass is 369 g/mol. The summed E-state index contributed by atoms with van der Waals surface area (Å²) >= 11 is 1.32. The highest BCUT2D eigenvalue weighted by molar-refractivity contribution is 7.99. The van der Waals surface area contributed by atoms with Crippen molar-refractivity contribution in [2.75, 3.05) is 25.9 Å². The third-order valence-electron chi connectivity index (χ3n) is 3.94. The Morgan fingerprint density at radius 2 is 1.92 bits per heavy atom. The van der Waals surface area contributed by atoms with Crippen LogP contribution in [0.15, 0.2) is 64.2 Å². The summed E-state index contributed by atoms with van der Waals surface area (Å²) < 4.78 is 5.60. The molecule has 5 nitrogen and oxygen atoms in total. The number of thioether (sulfide) groups is 1. The molecule has 0 bridgehead atoms. The molecule has 0 radical (unpaired) electrons. The summed E-state index contributed by atoms with van der Waals surface area (Å²) in [6.07, 6.45) is 0.919. The van der Waals surface area contributed by atoms with Gasteiger partial charge in [0.1, 0.15) is 5.52 Å². The van der Waals surface area contributed by atoms with Crippen LogP contribution < -0.4 is 5.32 Å². The number of rotatable bonds is 9. The van der Waals surface area contributed by atoms with Crippen molar-refractivity contribution >= 4 is 28.8 Å². The fourth-order valence-electron chi connectivity index (χ4n) is 2.64. The zero-order valence-electron chi connectivity index (χ0n) is 14.9. The number of amides is 1. The lowest BCUT2D eigenvalue weighted by Gasteiger charge is -2.16. The number of fused-ring (bicyclic) bond motifs is 1. The number of para-hydroxylation sites is 2. The number of aromatic nitrogens is 1. The fourth-order valence-corrected chi connectivity index (χ4v) is 3.31. The molecule has 0 fully saturated rings. The predicted molar refractivity (Wildman–Crippen MR) is 105 cm³/mol. The standard InChI is InChI=1S/C20H23N3O2S/c1-23(14-16-8-3-2-4-9-16)13-7-12-21-19(24)15-26-20-22-17-10-5-6-11-18(17)25-20/h2-6,8-11H,7,12-15H2,1H3,(H,21,24). The number of hydrogen-bond donors (Lipinski definition) is 1. The topological polar surface area (TPSA) is 58.4 Å². The summed E-state index contributed by atoms with van der Waals surface area (Å²) in [4.78, 5) is 18.6. The number of oxazole rings is 1. The van der Waals surface area contributed by atoms with Crippen LogP contribution in [0.4, 0.5) is 0 Å². The lowest BCUT2D eigenvalue weighted by Crippen LogP contribution is -2.29. The van der Waals surface area contributed by atoms with Gasteiger partial charge in [-0.15, -0.1) is 0 Å². The number of carbonyl (C=O) groups excluding carboxylic acids is 1. The maximum atomic E-state index is 12.0. The lowest BCUT2D eigenvalue weighted by atomic mass is 10.2. The molecule has 0 aliphatic rings. The molecule has 0 aliphatic heterocycles. The number of benzene rings is 2. The largest absolute Gasteiger partial charge is 0.431 e. The Morgan fingerprint density at radius 1 is 1.15 bits per heavy atom. The van der Waals surface area contributed by atoms with E-state index in [1.165, 1.54) is 17.3 Å². The molecule has 3 rings (SSSR count). The van der Waals surface area contributed by atoms with Crippen LogP contribution >= 0.6 is 11.8 Å². The number of nitrogens with one attached hydrogen (secondary N) is 1. The Kier molecular flexibility index (Phi) is 6.68. The third-order valence-corrected chi connectivity index (χ3v) is 4.76. The van der Waals surface area contributed by atoms with Crippen LogP contribution in [0.25, 0.3) is 11.1 Å². The fraction of sp³-hybridized carbons (Fsp3) is 0.300. The van der Waals surface area contributed by atoms with E-state index in [-0.39, 0.29) is 5.91 Å². The first-order chi connectivity index (χ1) is 12.7. The van der Waals surface area contributed by atoms with Crippen molar-refractivity contribution in [3.05, 3.63) is 60.2 Å². The van der Waals surface area contributed by atoms with Gasteiger partial charge in [-0.1, -0.05) is 54.2 Å². The molecule has 26 heavy (non-hydrogen) atoms. The van der Waals surface area contributed by atoms with Crippen LogP contribution in [-0.2, 0) is 11.3 Å². The van der Waals surface area contributed by atoms with Crippen LogP contribution in [0.1, 0.15) is 12.0 Å². The minimum atomic E-state index is 0.00275. The highest BCUT2D eigenvalue weighted by Crippen LogP contribution is 2.22. The molecule has 2 aromatic carbocycles. The van der Waals surface area contributed by atoms with E-state index in [1.54, 1.807) is 0 Å². The summed E-state index contributed by atoms with van der Waals surface area (Å²) in [6.45, 7) is 2.53. The second kappa shape index (κ2) is 9.40. The molecule has 6 heteroatoms. The van der Waals surface area contributed by atoms with Gasteiger partial charge in [0.15, 0.2) is 5.58 Å². The highest BCUT2D eigenvalue weighted by atomic mass is 32.2. The molecule has 0 saturated carbocycles. The average molecular weight is 369 g/mol. The van der Waals surface area contributed by atoms with Crippen LogP contribution in [0.5, 0.6) is 0 Å². The Labute approximate surface area is 157 Å². The van der Waals surface area contributed by atoms with E-state index < -0.39 is 0 Å². The molecule has 1 N–H and O–H groups in total. The molecule has 1 amide bonds. The van der Waals surface area contributed by atoms with Crippen LogP contribution in [0.3, 0.4) is 0 Å². The van der Waals surface area contributed by atoms with E-state index in [0.29, 0.717) is 17.5 Å². The van der Waals surface area contributed by atoms with E-state index in [1.807, 2.05) is 30.3 Å². The molecule has 0 saturated heterocycles. The van der Waals surface area contributed by atoms with Gasteiger partial charge in [-0.2, -0.15) is 0 Å². The van der Waals surface area contributed by atoms with E-state index in [0.717, 1.165) is 30.6 Å². The highest BCUT2D eigenvalue weighted by Gasteiger charge is 2.09. The molecule has 0 atom stereocenters. The van der Waals surface area contributed by atoms with Crippen molar-refractivity contribution in [3.63, 3.8) is 0 Å². The van der Waals surface area contributed by atoms with E-state index in [2.05, 4.69) is 46.5 Å². The first kappa shape index (κ1) is 18.5. The summed E-state index contributed by atoms with van der Waals surface area (Å²) in [5.41, 5.74) is 2.86. The van der Waals surface area contributed by atoms with Crippen molar-refractivity contribution in [3.8, 4) is 0 Å². The Balaban J connectivity index is 1.31. The van der Waals surface area contributed by atoms with Crippen LogP contribution in [0, 0.1) is 0 Å². The van der Waals surface area contributed by atoms with Gasteiger partial charge in [-0.05, 0) is 37.7 Å². The minimum absolute atomic E-state index is 0.00275. The number of carbonyl (C=O) groups is 1. The SMILES string of the molecule is CN(CCCNC(=O)CSc1nc2ccccc2o1)Cc1ccccc1. The molecule has 136 valence electrons. The molecule has 1 heterocycles. The second-order valence-corrected chi connectivity index (χ2v) is 7.09. The zero-order chi connectivity index (χ0) is 18.2. The van der Waals surface area contributed by atoms with Crippen molar-refractivity contribution in [1.82, 2.24) is 15.2 Å². The Hall–Kier alpha value is -2.31. The molecule has 1 aromatic heterocycles. The van der Waals surface area contributed by atoms with E-state index in [4.69, 9.17) is 4.42 Å². The van der Waals surface area contributed by atoms with Gasteiger partial charge in [-0.3, -0.25) is 4.79 Å². The summed E-state index contributed by atoms with van der Waals surface area (Å²) in [6, 6.07) is 18.0. The van der Waals surface area contributed by atoms with Crippen molar-refractivity contribution in [2.24, 2.45) is 0 Å². The molecular weight excluding hydrogens is 346 g/mol. The van der Waals surface area contributed by atoms with Gasteiger partial charge in [0, 0.05) is 13.1 Å². The second-order valence-electron chi connectivity index (χ2n) is 6.16. The Bertz CT molecular complexity index is 802. The van der Waals surface area contributed by atoms with Gasteiger partial charge in [0.2, 0.25) is 5.91 Å². The summed E-state index contributed by atoms with van der Waals surface area (Å²) in [5, 5.41) is 3.48. The molecule has 0 spiro atoms.